The highest BCUT2D eigenvalue weighted by Crippen LogP contribution is 1.50. The zero-order chi connectivity index (χ0) is 4.12. The predicted octanol–water partition coefficient (Wildman–Crippen LogP) is 0.184. The Bertz CT molecular complexity index is 68.8. The predicted molar refractivity (Wildman–Crippen MR) is 18.8 cm³/mol. The largest absolute Gasteiger partial charge is 0.357 e. The van der Waals surface area contributed by atoms with E-state index in [0.29, 0.717) is 0 Å². The van der Waals surface area contributed by atoms with Crippen molar-refractivity contribution in [1.29, 1.82) is 0 Å². The molecule has 0 aromatic rings. The normalized spacial score (nSPS) is 3.60. The molecule has 0 aliphatic carbocycles. The molecule has 0 amide bonds. The van der Waals surface area contributed by atoms with E-state index in [0.717, 1.165) is 0 Å². The zero-order valence-electron chi connectivity index (χ0n) is 2.56. The number of terminal acetylenes is 2. The van der Waals surface area contributed by atoms with Gasteiger partial charge in [0.05, 0.1) is 0 Å². The van der Waals surface area contributed by atoms with E-state index in [1.54, 1.807) is 12.2 Å². The van der Waals surface area contributed by atoms with Gasteiger partial charge in [-0.3, -0.25) is 0 Å². The van der Waals surface area contributed by atoms with Crippen molar-refractivity contribution >= 4 is 0 Å². The first-order valence-corrected chi connectivity index (χ1v) is 0.986. The minimum Gasteiger partial charge on any atom is -0.357 e. The van der Waals surface area contributed by atoms with Crippen molar-refractivity contribution in [2.24, 2.45) is 0 Å². The molecule has 0 atom stereocenters. The fraction of sp³-hybridized carbons (Fsp3) is 0. The van der Waals surface area contributed by atoms with E-state index >= 15 is 0 Å². The average molecular weight is 66.1 g/mol. The summed E-state index contributed by atoms with van der Waals surface area (Å²) in [5.41, 5.74) is 0. The van der Waals surface area contributed by atoms with Crippen LogP contribution in [0.5, 0.6) is 0 Å². The molecule has 24 valence electrons. The van der Waals surface area contributed by atoms with Crippen LogP contribution in [0.25, 0.3) is 0 Å². The van der Waals surface area contributed by atoms with Crippen LogP contribution in [0.15, 0.2) is 0 Å². The van der Waals surface area contributed by atoms with E-state index in [2.05, 4.69) is 17.6 Å². The molecule has 0 saturated heterocycles. The summed E-state index contributed by atoms with van der Waals surface area (Å²) in [6.45, 7) is 0. The zero-order valence-corrected chi connectivity index (χ0v) is 2.56. The van der Waals surface area contributed by atoms with Gasteiger partial charge in [0.25, 0.3) is 0 Å². The summed E-state index contributed by atoms with van der Waals surface area (Å²) in [4.78, 5) is 0. The van der Waals surface area contributed by atoms with E-state index in [9.17, 15) is 0 Å². The van der Waals surface area contributed by atoms with Crippen molar-refractivity contribution in [1.82, 2.24) is 0 Å². The van der Waals surface area contributed by atoms with Gasteiger partial charge in [-0.05, 0) is 0 Å². The number of ether oxygens (including phenoxy) is 1. The first kappa shape index (κ1) is 3.92. The van der Waals surface area contributed by atoms with Crippen molar-refractivity contribution in [2.45, 2.75) is 0 Å². The Hall–Kier alpha value is -1.08. The van der Waals surface area contributed by atoms with E-state index in [1.165, 1.54) is 0 Å². The standard InChI is InChI=1S/C4H2O/c1-3-5-4-2/h1-2H. The Morgan fingerprint density at radius 3 is 1.60 bits per heavy atom. The summed E-state index contributed by atoms with van der Waals surface area (Å²) in [6, 6.07) is 0. The minimum atomic E-state index is 1.78. The second-order valence-corrected chi connectivity index (χ2v) is 0.338. The summed E-state index contributed by atoms with van der Waals surface area (Å²) < 4.78 is 3.89. The third-order valence-corrected chi connectivity index (χ3v) is 0.118. The average Bonchev–Trinajstić information content (AvgIpc) is 1.41. The lowest BCUT2D eigenvalue weighted by atomic mass is 11.2. The second kappa shape index (κ2) is 2.92. The van der Waals surface area contributed by atoms with Gasteiger partial charge in [0.2, 0.25) is 0 Å². The molecule has 0 spiro atoms. The number of hydrogen-bond donors (Lipinski definition) is 0. The van der Waals surface area contributed by atoms with Gasteiger partial charge in [-0.1, -0.05) is 12.8 Å². The Kier molecular flexibility index (Phi) is 2.29. The first-order chi connectivity index (χ1) is 2.41. The topological polar surface area (TPSA) is 9.23 Å². The van der Waals surface area contributed by atoms with Crippen LogP contribution in [-0.2, 0) is 4.74 Å². The van der Waals surface area contributed by atoms with Gasteiger partial charge in [0, 0.05) is 0 Å². The van der Waals surface area contributed by atoms with E-state index < -0.39 is 0 Å². The molecule has 1 heteroatoms. The lowest BCUT2D eigenvalue weighted by Crippen LogP contribution is -1.56. The maximum Gasteiger partial charge on any atom is 0.126 e. The molecule has 0 aromatic heterocycles. The highest BCUT2D eigenvalue weighted by atomic mass is 16.5. The molecule has 0 aliphatic rings. The molecule has 0 fully saturated rings. The summed E-state index contributed by atoms with van der Waals surface area (Å²) in [7, 11) is 0. The number of hydrogen-bond acceptors (Lipinski definition) is 1. The van der Waals surface area contributed by atoms with Crippen molar-refractivity contribution in [3.8, 4) is 25.1 Å². The molecule has 0 bridgehead atoms. The molecular formula is C4H2O. The highest BCUT2D eigenvalue weighted by molar-refractivity contribution is 4.80. The Morgan fingerprint density at radius 2 is 1.60 bits per heavy atom. The maximum atomic E-state index is 4.52. The molecule has 5 heavy (non-hydrogen) atoms. The Morgan fingerprint density at radius 1 is 1.20 bits per heavy atom. The molecule has 0 saturated carbocycles. The van der Waals surface area contributed by atoms with Crippen molar-refractivity contribution < 1.29 is 4.74 Å². The molecule has 0 N–H and O–H groups in total. The quantitative estimate of drug-likeness (QED) is 0.366. The lowest BCUT2D eigenvalue weighted by Gasteiger charge is -1.64. The third-order valence-electron chi connectivity index (χ3n) is 0.118. The monoisotopic (exact) mass is 66.0 g/mol. The van der Waals surface area contributed by atoms with Crippen LogP contribution < -0.4 is 0 Å². The molecular weight excluding hydrogens is 64.0 g/mol. The summed E-state index contributed by atoms with van der Waals surface area (Å²) >= 11 is 0. The Balaban J connectivity index is 2.86. The fourth-order valence-electron chi connectivity index (χ4n) is 0.0340. The van der Waals surface area contributed by atoms with Crippen LogP contribution in [0, 0.1) is 25.1 Å². The van der Waals surface area contributed by atoms with Crippen molar-refractivity contribution in [3.63, 3.8) is 0 Å². The molecule has 0 rings (SSSR count). The highest BCUT2D eigenvalue weighted by Gasteiger charge is 1.45. The van der Waals surface area contributed by atoms with E-state index in [-0.39, 0.29) is 0 Å². The third kappa shape index (κ3) is 2.92. The van der Waals surface area contributed by atoms with Crippen LogP contribution in [-0.4, -0.2) is 0 Å². The van der Waals surface area contributed by atoms with Gasteiger partial charge in [-0.15, -0.1) is 0 Å². The van der Waals surface area contributed by atoms with Gasteiger partial charge in [0.15, 0.2) is 0 Å². The van der Waals surface area contributed by atoms with Crippen LogP contribution in [0.4, 0.5) is 0 Å². The van der Waals surface area contributed by atoms with Crippen LogP contribution in [0.1, 0.15) is 0 Å². The molecule has 0 heterocycles. The van der Waals surface area contributed by atoms with Gasteiger partial charge < -0.3 is 4.74 Å². The van der Waals surface area contributed by atoms with Gasteiger partial charge in [0.1, 0.15) is 12.2 Å². The maximum absolute atomic E-state index is 4.52. The molecule has 0 radical (unpaired) electrons. The smallest absolute Gasteiger partial charge is 0.126 e. The Labute approximate surface area is 30.9 Å². The molecule has 0 aromatic carbocycles. The van der Waals surface area contributed by atoms with Crippen LogP contribution in [0.3, 0.4) is 0 Å². The van der Waals surface area contributed by atoms with Gasteiger partial charge in [-0.2, -0.15) is 0 Å². The summed E-state index contributed by atoms with van der Waals surface area (Å²) in [5, 5.41) is 0. The SMILES string of the molecule is C#COC#C. The van der Waals surface area contributed by atoms with Gasteiger partial charge in [-0.25, -0.2) is 0 Å². The molecule has 0 aliphatic heterocycles. The molecule has 1 nitrogen and oxygen atoms in total. The van der Waals surface area contributed by atoms with Crippen LogP contribution >= 0.6 is 0 Å². The van der Waals surface area contributed by atoms with E-state index in [1.807, 2.05) is 0 Å². The van der Waals surface area contributed by atoms with Crippen molar-refractivity contribution in [3.05, 3.63) is 0 Å². The minimum absolute atomic E-state index is 1.78. The fourth-order valence-corrected chi connectivity index (χ4v) is 0.0340. The second-order valence-electron chi connectivity index (χ2n) is 0.338. The lowest BCUT2D eigenvalue weighted by molar-refractivity contribution is 0.481. The van der Waals surface area contributed by atoms with Crippen LogP contribution in [0.2, 0.25) is 0 Å². The first-order valence-electron chi connectivity index (χ1n) is 0.986. The number of rotatable bonds is 0. The molecule has 0 unspecified atom stereocenters. The summed E-state index contributed by atoms with van der Waals surface area (Å²) in [5.74, 6) is 0. The van der Waals surface area contributed by atoms with E-state index in [4.69, 9.17) is 0 Å². The summed E-state index contributed by atoms with van der Waals surface area (Å²) in [6.07, 6.45) is 12.6. The van der Waals surface area contributed by atoms with Crippen molar-refractivity contribution in [2.75, 3.05) is 0 Å². The van der Waals surface area contributed by atoms with Gasteiger partial charge >= 0.3 is 0 Å².